The van der Waals surface area contributed by atoms with E-state index in [9.17, 15) is 8.42 Å². The van der Waals surface area contributed by atoms with E-state index < -0.39 is 10.0 Å². The molecule has 0 radical (unpaired) electrons. The van der Waals surface area contributed by atoms with Gasteiger partial charge in [-0.1, -0.05) is 41.9 Å². The highest BCUT2D eigenvalue weighted by atomic mass is 35.5. The molecule has 0 aliphatic carbocycles. The van der Waals surface area contributed by atoms with Crippen LogP contribution in [0.4, 0.5) is 0 Å². The fraction of sp³-hybridized carbons (Fsp3) is 0.250. The van der Waals surface area contributed by atoms with Crippen LogP contribution in [0.2, 0.25) is 5.02 Å². The van der Waals surface area contributed by atoms with Crippen molar-refractivity contribution in [2.45, 2.75) is 11.4 Å². The third kappa shape index (κ3) is 3.84. The number of nitrogens with zero attached hydrogens (tertiary/aromatic N) is 3. The van der Waals surface area contributed by atoms with Gasteiger partial charge in [0.1, 0.15) is 0 Å². The molecule has 140 valence electrons. The molecule has 0 spiro atoms. The Bertz CT molecular complexity index is 1060. The Morgan fingerprint density at radius 2 is 1.70 bits per heavy atom. The quantitative estimate of drug-likeness (QED) is 0.672. The zero-order chi connectivity index (χ0) is 18.9. The summed E-state index contributed by atoms with van der Waals surface area (Å²) in [6.45, 7) is 3.06. The number of hydrogen-bond acceptors (Lipinski definition) is 4. The lowest BCUT2D eigenvalue weighted by Gasteiger charge is -2.34. The highest BCUT2D eigenvalue weighted by Crippen LogP contribution is 2.22. The van der Waals surface area contributed by atoms with E-state index in [1.165, 1.54) is 15.9 Å². The Morgan fingerprint density at radius 1 is 0.963 bits per heavy atom. The third-order valence-electron chi connectivity index (χ3n) is 4.88. The number of fused-ring (bicyclic) bond motifs is 1. The van der Waals surface area contributed by atoms with E-state index in [0.717, 1.165) is 17.4 Å². The van der Waals surface area contributed by atoms with Gasteiger partial charge in [0.15, 0.2) is 0 Å². The van der Waals surface area contributed by atoms with E-state index >= 15 is 0 Å². The van der Waals surface area contributed by atoms with Crippen LogP contribution in [-0.2, 0) is 16.6 Å². The molecule has 1 fully saturated rings. The molecule has 0 bridgehead atoms. The van der Waals surface area contributed by atoms with E-state index in [4.69, 9.17) is 11.6 Å². The fourth-order valence-electron chi connectivity index (χ4n) is 3.44. The maximum atomic E-state index is 12.8. The minimum absolute atomic E-state index is 0.252. The van der Waals surface area contributed by atoms with Gasteiger partial charge in [-0.15, -0.1) is 0 Å². The summed E-state index contributed by atoms with van der Waals surface area (Å²) in [6, 6.07) is 16.6. The molecule has 0 N–H and O–H groups in total. The molecule has 1 aromatic heterocycles. The van der Waals surface area contributed by atoms with Gasteiger partial charge in [-0.2, -0.15) is 4.31 Å². The SMILES string of the molecule is O=S(=O)(c1cccc(Cl)c1)N1CCN(Cc2cccc3cccnc23)CC1. The van der Waals surface area contributed by atoms with E-state index in [1.807, 2.05) is 12.1 Å². The third-order valence-corrected chi connectivity index (χ3v) is 7.01. The van der Waals surface area contributed by atoms with Gasteiger partial charge < -0.3 is 0 Å². The minimum Gasteiger partial charge on any atom is -0.296 e. The first kappa shape index (κ1) is 18.4. The van der Waals surface area contributed by atoms with Crippen LogP contribution in [0, 0.1) is 0 Å². The van der Waals surface area contributed by atoms with Gasteiger partial charge in [0.25, 0.3) is 0 Å². The first-order chi connectivity index (χ1) is 13.0. The maximum Gasteiger partial charge on any atom is 0.243 e. The van der Waals surface area contributed by atoms with E-state index in [0.29, 0.717) is 31.2 Å². The molecule has 5 nitrogen and oxygen atoms in total. The molecule has 0 unspecified atom stereocenters. The number of piperazine rings is 1. The van der Waals surface area contributed by atoms with Crippen LogP contribution < -0.4 is 0 Å². The number of aromatic nitrogens is 1. The number of para-hydroxylation sites is 1. The molecular formula is C20H20ClN3O2S. The summed E-state index contributed by atoms with van der Waals surface area (Å²) in [5.74, 6) is 0. The predicted octanol–water partition coefficient (Wildman–Crippen LogP) is 3.39. The van der Waals surface area contributed by atoms with Gasteiger partial charge in [-0.05, 0) is 29.8 Å². The average molecular weight is 402 g/mol. The molecule has 2 heterocycles. The van der Waals surface area contributed by atoms with Crippen molar-refractivity contribution >= 4 is 32.5 Å². The standard InChI is InChI=1S/C20H20ClN3O2S/c21-18-7-2-8-19(14-18)27(25,26)24-12-10-23(11-13-24)15-17-5-1-4-16-6-3-9-22-20(16)17/h1-9,14H,10-13,15H2. The summed E-state index contributed by atoms with van der Waals surface area (Å²) in [4.78, 5) is 7.03. The smallest absolute Gasteiger partial charge is 0.243 e. The molecule has 0 atom stereocenters. The molecule has 27 heavy (non-hydrogen) atoms. The average Bonchev–Trinajstić information content (AvgIpc) is 2.69. The van der Waals surface area contributed by atoms with Crippen molar-refractivity contribution in [1.29, 1.82) is 0 Å². The molecule has 7 heteroatoms. The van der Waals surface area contributed by atoms with Crippen LogP contribution in [-0.4, -0.2) is 48.8 Å². The zero-order valence-corrected chi connectivity index (χ0v) is 16.3. The summed E-state index contributed by atoms with van der Waals surface area (Å²) < 4.78 is 27.2. The number of benzene rings is 2. The van der Waals surface area contributed by atoms with Crippen molar-refractivity contribution in [3.05, 3.63) is 71.4 Å². The molecule has 2 aromatic carbocycles. The van der Waals surface area contributed by atoms with Gasteiger partial charge in [0.05, 0.1) is 10.4 Å². The number of rotatable bonds is 4. The lowest BCUT2D eigenvalue weighted by molar-refractivity contribution is 0.182. The monoisotopic (exact) mass is 401 g/mol. The number of sulfonamides is 1. The van der Waals surface area contributed by atoms with Gasteiger partial charge in [-0.25, -0.2) is 8.42 Å². The molecule has 4 rings (SSSR count). The van der Waals surface area contributed by atoms with Crippen LogP contribution in [0.3, 0.4) is 0 Å². The Balaban J connectivity index is 1.46. The van der Waals surface area contributed by atoms with Crippen molar-refractivity contribution in [3.63, 3.8) is 0 Å². The largest absolute Gasteiger partial charge is 0.296 e. The van der Waals surface area contributed by atoms with Gasteiger partial charge in [0.2, 0.25) is 10.0 Å². The normalized spacial score (nSPS) is 16.6. The molecule has 1 aliphatic rings. The van der Waals surface area contributed by atoms with Crippen molar-refractivity contribution < 1.29 is 8.42 Å². The molecule has 1 aliphatic heterocycles. The lowest BCUT2D eigenvalue weighted by atomic mass is 10.1. The second-order valence-electron chi connectivity index (χ2n) is 6.63. The molecule has 1 saturated heterocycles. The Labute approximate surface area is 164 Å². The number of pyridine rings is 1. The lowest BCUT2D eigenvalue weighted by Crippen LogP contribution is -2.48. The van der Waals surface area contributed by atoms with Crippen molar-refractivity contribution in [3.8, 4) is 0 Å². The summed E-state index contributed by atoms with van der Waals surface area (Å²) in [5, 5.41) is 1.55. The first-order valence-electron chi connectivity index (χ1n) is 8.85. The maximum absolute atomic E-state index is 12.8. The summed E-state index contributed by atoms with van der Waals surface area (Å²) >= 11 is 5.95. The molecule has 0 amide bonds. The predicted molar refractivity (Wildman–Crippen MR) is 107 cm³/mol. The first-order valence-corrected chi connectivity index (χ1v) is 10.7. The summed E-state index contributed by atoms with van der Waals surface area (Å²) in [5.41, 5.74) is 2.17. The summed E-state index contributed by atoms with van der Waals surface area (Å²) in [6.07, 6.45) is 1.81. The fourth-order valence-corrected chi connectivity index (χ4v) is 5.16. The highest BCUT2D eigenvalue weighted by Gasteiger charge is 2.28. The van der Waals surface area contributed by atoms with Gasteiger partial charge >= 0.3 is 0 Å². The Hall–Kier alpha value is -1.99. The zero-order valence-electron chi connectivity index (χ0n) is 14.8. The number of halogens is 1. The van der Waals surface area contributed by atoms with Gasteiger partial charge in [0, 0.05) is 49.3 Å². The van der Waals surface area contributed by atoms with Crippen LogP contribution in [0.25, 0.3) is 10.9 Å². The topological polar surface area (TPSA) is 53.5 Å². The number of hydrogen-bond donors (Lipinski definition) is 0. The molecule has 3 aromatic rings. The summed E-state index contributed by atoms with van der Waals surface area (Å²) in [7, 11) is -3.51. The van der Waals surface area contributed by atoms with Crippen LogP contribution >= 0.6 is 11.6 Å². The minimum atomic E-state index is -3.51. The Kier molecular flexibility index (Phi) is 5.14. The molecule has 0 saturated carbocycles. The van der Waals surface area contributed by atoms with Crippen LogP contribution in [0.5, 0.6) is 0 Å². The molecular weight excluding hydrogens is 382 g/mol. The van der Waals surface area contributed by atoms with Gasteiger partial charge in [-0.3, -0.25) is 9.88 Å². The van der Waals surface area contributed by atoms with E-state index in [1.54, 1.807) is 24.4 Å². The van der Waals surface area contributed by atoms with Crippen LogP contribution in [0.15, 0.2) is 65.7 Å². The second-order valence-corrected chi connectivity index (χ2v) is 9.00. The highest BCUT2D eigenvalue weighted by molar-refractivity contribution is 7.89. The van der Waals surface area contributed by atoms with Crippen molar-refractivity contribution in [2.75, 3.05) is 26.2 Å². The van der Waals surface area contributed by atoms with Crippen molar-refractivity contribution in [1.82, 2.24) is 14.2 Å². The van der Waals surface area contributed by atoms with Crippen LogP contribution in [0.1, 0.15) is 5.56 Å². The second kappa shape index (κ2) is 7.56. The van der Waals surface area contributed by atoms with Crippen molar-refractivity contribution in [2.24, 2.45) is 0 Å². The van der Waals surface area contributed by atoms with E-state index in [-0.39, 0.29) is 4.90 Å². The Morgan fingerprint density at radius 3 is 2.48 bits per heavy atom. The van der Waals surface area contributed by atoms with E-state index in [2.05, 4.69) is 28.1 Å².